The van der Waals surface area contributed by atoms with Crippen LogP contribution in [0.2, 0.25) is 5.02 Å². The van der Waals surface area contributed by atoms with E-state index in [-0.39, 0.29) is 12.7 Å². The van der Waals surface area contributed by atoms with Gasteiger partial charge in [0.05, 0.1) is 5.02 Å². The third-order valence-electron chi connectivity index (χ3n) is 3.83. The molecule has 7 heteroatoms. The van der Waals surface area contributed by atoms with E-state index in [1.807, 2.05) is 30.3 Å². The maximum absolute atomic E-state index is 12.0. The number of carbonyl (C=O) groups is 2. The zero-order valence-corrected chi connectivity index (χ0v) is 15.4. The van der Waals surface area contributed by atoms with Gasteiger partial charge in [-0.1, -0.05) is 41.9 Å². The van der Waals surface area contributed by atoms with Gasteiger partial charge in [0.25, 0.3) is 5.91 Å². The van der Waals surface area contributed by atoms with Crippen LogP contribution < -0.4 is 14.8 Å². The number of nitrogens with one attached hydrogen (secondary N) is 1. The van der Waals surface area contributed by atoms with Crippen molar-refractivity contribution in [3.63, 3.8) is 0 Å². The van der Waals surface area contributed by atoms with Gasteiger partial charge in [-0.2, -0.15) is 0 Å². The number of fused-ring (bicyclic) bond motifs is 1. The maximum Gasteiger partial charge on any atom is 0.331 e. The number of hydrogen-bond donors (Lipinski definition) is 1. The lowest BCUT2D eigenvalue weighted by molar-refractivity contribution is -0.150. The van der Waals surface area contributed by atoms with Crippen molar-refractivity contribution in [2.45, 2.75) is 19.6 Å². The van der Waals surface area contributed by atoms with Crippen molar-refractivity contribution in [1.29, 1.82) is 0 Å². The van der Waals surface area contributed by atoms with E-state index in [9.17, 15) is 9.59 Å². The number of benzene rings is 2. The van der Waals surface area contributed by atoms with E-state index in [0.717, 1.165) is 5.56 Å². The molecule has 1 aliphatic heterocycles. The number of ether oxygens (including phenoxy) is 3. The van der Waals surface area contributed by atoms with Gasteiger partial charge >= 0.3 is 5.97 Å². The van der Waals surface area contributed by atoms with Crippen molar-refractivity contribution < 1.29 is 23.8 Å². The molecule has 2 aromatic rings. The van der Waals surface area contributed by atoms with E-state index in [2.05, 4.69) is 5.32 Å². The van der Waals surface area contributed by atoms with Crippen LogP contribution in [0.5, 0.6) is 11.5 Å². The Bertz CT molecular complexity index is 866. The Labute approximate surface area is 161 Å². The topological polar surface area (TPSA) is 73.9 Å². The second-order valence-corrected chi connectivity index (χ2v) is 6.26. The van der Waals surface area contributed by atoms with Gasteiger partial charge in [0.2, 0.25) is 6.79 Å². The van der Waals surface area contributed by atoms with Crippen molar-refractivity contribution in [2.24, 2.45) is 0 Å². The van der Waals surface area contributed by atoms with Gasteiger partial charge in [0, 0.05) is 12.6 Å². The Morgan fingerprint density at radius 2 is 2.04 bits per heavy atom. The molecule has 0 unspecified atom stereocenters. The molecule has 0 fully saturated rings. The van der Waals surface area contributed by atoms with Gasteiger partial charge in [-0.05, 0) is 36.3 Å². The Morgan fingerprint density at radius 3 is 2.81 bits per heavy atom. The first-order chi connectivity index (χ1) is 13.0. The minimum absolute atomic E-state index is 0.111. The fourth-order valence-electron chi connectivity index (χ4n) is 2.44. The number of carbonyl (C=O) groups excluding carboxylic acids is 2. The Hall–Kier alpha value is -2.99. The van der Waals surface area contributed by atoms with E-state index in [1.54, 1.807) is 12.1 Å². The molecule has 6 nitrogen and oxygen atoms in total. The third-order valence-corrected chi connectivity index (χ3v) is 4.11. The van der Waals surface area contributed by atoms with Crippen LogP contribution in [0.3, 0.4) is 0 Å². The molecular formula is C20H18ClNO5. The highest BCUT2D eigenvalue weighted by Crippen LogP contribution is 2.40. The van der Waals surface area contributed by atoms with E-state index in [0.29, 0.717) is 28.6 Å². The summed E-state index contributed by atoms with van der Waals surface area (Å²) in [4.78, 5) is 24.0. The summed E-state index contributed by atoms with van der Waals surface area (Å²) in [6.45, 7) is 2.00. The number of esters is 1. The van der Waals surface area contributed by atoms with Crippen molar-refractivity contribution in [2.75, 3.05) is 6.79 Å². The monoisotopic (exact) mass is 387 g/mol. The van der Waals surface area contributed by atoms with Crippen LogP contribution in [-0.2, 0) is 20.9 Å². The number of halogens is 1. The predicted octanol–water partition coefficient (Wildman–Crippen LogP) is 3.33. The molecule has 27 heavy (non-hydrogen) atoms. The molecule has 0 radical (unpaired) electrons. The smallest absolute Gasteiger partial charge is 0.331 e. The van der Waals surface area contributed by atoms with Crippen LogP contribution in [0.25, 0.3) is 6.08 Å². The SMILES string of the molecule is C[C@H](OC(=O)/C=C/c1cc(Cl)c2c(c1)OCO2)C(=O)NCc1ccccc1. The molecule has 0 saturated carbocycles. The average molecular weight is 388 g/mol. The van der Waals surface area contributed by atoms with Crippen LogP contribution >= 0.6 is 11.6 Å². The van der Waals surface area contributed by atoms with Crippen molar-refractivity contribution in [3.8, 4) is 11.5 Å². The van der Waals surface area contributed by atoms with E-state index < -0.39 is 12.1 Å². The van der Waals surface area contributed by atoms with Crippen LogP contribution in [0.15, 0.2) is 48.5 Å². The van der Waals surface area contributed by atoms with Crippen LogP contribution in [0, 0.1) is 0 Å². The average Bonchev–Trinajstić information content (AvgIpc) is 3.14. The molecule has 3 rings (SSSR count). The normalized spacial score (nSPS) is 13.4. The lowest BCUT2D eigenvalue weighted by Crippen LogP contribution is -2.35. The van der Waals surface area contributed by atoms with E-state index in [1.165, 1.54) is 19.1 Å². The third kappa shape index (κ3) is 5.01. The van der Waals surface area contributed by atoms with Crippen LogP contribution in [-0.4, -0.2) is 24.8 Å². The highest BCUT2D eigenvalue weighted by atomic mass is 35.5. The van der Waals surface area contributed by atoms with Gasteiger partial charge in [0.1, 0.15) is 0 Å². The minimum atomic E-state index is -0.911. The lowest BCUT2D eigenvalue weighted by atomic mass is 10.2. The minimum Gasteiger partial charge on any atom is -0.454 e. The molecule has 0 spiro atoms. The molecule has 1 N–H and O–H groups in total. The zero-order valence-electron chi connectivity index (χ0n) is 14.6. The van der Waals surface area contributed by atoms with Crippen LogP contribution in [0.4, 0.5) is 0 Å². The highest BCUT2D eigenvalue weighted by Gasteiger charge is 2.18. The predicted molar refractivity (Wildman–Crippen MR) is 100 cm³/mol. The molecule has 0 aliphatic carbocycles. The first-order valence-electron chi connectivity index (χ1n) is 8.32. The summed E-state index contributed by atoms with van der Waals surface area (Å²) in [5.41, 5.74) is 1.62. The fraction of sp³-hybridized carbons (Fsp3) is 0.200. The van der Waals surface area contributed by atoms with Gasteiger partial charge < -0.3 is 19.5 Å². The molecule has 1 heterocycles. The van der Waals surface area contributed by atoms with Gasteiger partial charge in [-0.3, -0.25) is 4.79 Å². The van der Waals surface area contributed by atoms with Gasteiger partial charge in [0.15, 0.2) is 17.6 Å². The second-order valence-electron chi connectivity index (χ2n) is 5.85. The van der Waals surface area contributed by atoms with Gasteiger partial charge in [-0.15, -0.1) is 0 Å². The molecule has 1 aliphatic rings. The lowest BCUT2D eigenvalue weighted by Gasteiger charge is -2.12. The van der Waals surface area contributed by atoms with Crippen LogP contribution in [0.1, 0.15) is 18.1 Å². The molecule has 0 bridgehead atoms. The van der Waals surface area contributed by atoms with Gasteiger partial charge in [-0.25, -0.2) is 4.79 Å². The largest absolute Gasteiger partial charge is 0.454 e. The fourth-order valence-corrected chi connectivity index (χ4v) is 2.72. The Balaban J connectivity index is 1.51. The number of rotatable bonds is 6. The summed E-state index contributed by atoms with van der Waals surface area (Å²) >= 11 is 6.09. The highest BCUT2D eigenvalue weighted by molar-refractivity contribution is 6.32. The quantitative estimate of drug-likeness (QED) is 0.608. The molecule has 140 valence electrons. The number of hydrogen-bond acceptors (Lipinski definition) is 5. The summed E-state index contributed by atoms with van der Waals surface area (Å²) in [6, 6.07) is 12.8. The van der Waals surface area contributed by atoms with E-state index >= 15 is 0 Å². The van der Waals surface area contributed by atoms with Crippen molar-refractivity contribution >= 4 is 29.6 Å². The summed E-state index contributed by atoms with van der Waals surface area (Å²) in [6.07, 6.45) is 1.85. The summed E-state index contributed by atoms with van der Waals surface area (Å²) < 4.78 is 15.6. The first-order valence-corrected chi connectivity index (χ1v) is 8.70. The Kier molecular flexibility index (Phi) is 5.98. The molecular weight excluding hydrogens is 370 g/mol. The second kappa shape index (κ2) is 8.60. The van der Waals surface area contributed by atoms with E-state index in [4.69, 9.17) is 25.8 Å². The van der Waals surface area contributed by atoms with Crippen molar-refractivity contribution in [3.05, 3.63) is 64.7 Å². The molecule has 1 amide bonds. The maximum atomic E-state index is 12.0. The summed E-state index contributed by atoms with van der Waals surface area (Å²) in [5, 5.41) is 3.12. The standard InChI is InChI=1S/C20H18ClNO5/c1-13(20(24)22-11-14-5-3-2-4-6-14)27-18(23)8-7-15-9-16(21)19-17(10-15)25-12-26-19/h2-10,13H,11-12H2,1H3,(H,22,24)/b8-7+/t13-/m0/s1. The number of amides is 1. The first kappa shape index (κ1) is 18.8. The molecule has 2 aromatic carbocycles. The zero-order chi connectivity index (χ0) is 19.2. The Morgan fingerprint density at radius 1 is 1.26 bits per heavy atom. The van der Waals surface area contributed by atoms with Crippen molar-refractivity contribution in [1.82, 2.24) is 5.32 Å². The summed E-state index contributed by atoms with van der Waals surface area (Å²) in [7, 11) is 0. The molecule has 0 aromatic heterocycles. The molecule has 1 atom stereocenters. The summed E-state index contributed by atoms with van der Waals surface area (Å²) in [5.74, 6) is 0.00200. The molecule has 0 saturated heterocycles.